The molecule has 8 heteroatoms. The number of carbonyl (C=O) groups excluding carboxylic acids is 1. The summed E-state index contributed by atoms with van der Waals surface area (Å²) in [6, 6.07) is 0.512. The van der Waals surface area contributed by atoms with Crippen LogP contribution in [0.15, 0.2) is 6.20 Å². The molecular weight excluding hydrogens is 366 g/mol. The first kappa shape index (κ1) is 19.8. The van der Waals surface area contributed by atoms with E-state index in [1.54, 1.807) is 4.68 Å². The fourth-order valence-electron chi connectivity index (χ4n) is 4.55. The molecule has 1 unspecified atom stereocenters. The number of nitrogens with one attached hydrogen (secondary N) is 2. The molecule has 2 N–H and O–H groups in total. The van der Waals surface area contributed by atoms with Crippen LogP contribution in [-0.2, 0) is 19.9 Å². The minimum absolute atomic E-state index is 0.0515. The lowest BCUT2D eigenvalue weighted by Gasteiger charge is -2.20. The highest BCUT2D eigenvalue weighted by Gasteiger charge is 2.29. The third-order valence-electron chi connectivity index (χ3n) is 5.80. The van der Waals surface area contributed by atoms with Gasteiger partial charge in [0, 0.05) is 37.4 Å². The summed E-state index contributed by atoms with van der Waals surface area (Å²) in [4.78, 5) is 24.3. The zero-order valence-electron chi connectivity index (χ0n) is 17.8. The third kappa shape index (κ3) is 4.12. The molecule has 1 saturated carbocycles. The molecule has 0 aliphatic heterocycles. The van der Waals surface area contributed by atoms with Crippen molar-refractivity contribution in [3.63, 3.8) is 0 Å². The number of nitrogens with zero attached hydrogens (tertiary/aromatic N) is 5. The first-order valence-corrected chi connectivity index (χ1v) is 10.6. The van der Waals surface area contributed by atoms with Crippen LogP contribution in [0.4, 0.5) is 5.95 Å². The van der Waals surface area contributed by atoms with Gasteiger partial charge in [-0.05, 0) is 52.3 Å². The Balaban J connectivity index is 1.60. The molecule has 2 aliphatic carbocycles. The van der Waals surface area contributed by atoms with Crippen molar-refractivity contribution in [2.24, 2.45) is 7.05 Å². The molecule has 0 aromatic carbocycles. The Hall–Kier alpha value is -2.48. The van der Waals surface area contributed by atoms with E-state index in [1.807, 2.05) is 34.3 Å². The molecule has 1 fully saturated rings. The van der Waals surface area contributed by atoms with E-state index >= 15 is 0 Å². The van der Waals surface area contributed by atoms with Gasteiger partial charge >= 0.3 is 0 Å². The van der Waals surface area contributed by atoms with Gasteiger partial charge in [-0.2, -0.15) is 5.10 Å². The van der Waals surface area contributed by atoms with Crippen LogP contribution in [0.2, 0.25) is 0 Å². The van der Waals surface area contributed by atoms with E-state index in [0.717, 1.165) is 41.9 Å². The monoisotopic (exact) mass is 397 g/mol. The number of aromatic nitrogens is 4. The second-order valence-corrected chi connectivity index (χ2v) is 8.63. The van der Waals surface area contributed by atoms with E-state index in [4.69, 9.17) is 4.98 Å². The Morgan fingerprint density at radius 1 is 1.31 bits per heavy atom. The predicted octanol–water partition coefficient (Wildman–Crippen LogP) is 2.01. The van der Waals surface area contributed by atoms with Gasteiger partial charge in [-0.25, -0.2) is 9.97 Å². The SMILES string of the molecule is CC(CN(C)C)NC(=O)c1nn(C)c2c1CCc1cnc(NC3CCCC3)nc1-2. The van der Waals surface area contributed by atoms with Crippen molar-refractivity contribution in [1.82, 2.24) is 30.0 Å². The Kier molecular flexibility index (Phi) is 5.54. The van der Waals surface area contributed by atoms with E-state index in [-0.39, 0.29) is 11.9 Å². The molecule has 0 bridgehead atoms. The second-order valence-electron chi connectivity index (χ2n) is 8.63. The first-order chi connectivity index (χ1) is 13.9. The average molecular weight is 398 g/mol. The summed E-state index contributed by atoms with van der Waals surface area (Å²) in [6.07, 6.45) is 8.40. The highest BCUT2D eigenvalue weighted by Crippen LogP contribution is 2.34. The summed E-state index contributed by atoms with van der Waals surface area (Å²) in [5, 5.41) is 11.1. The number of amides is 1. The van der Waals surface area contributed by atoms with Gasteiger partial charge in [0.25, 0.3) is 5.91 Å². The zero-order valence-corrected chi connectivity index (χ0v) is 17.8. The summed E-state index contributed by atoms with van der Waals surface area (Å²) in [7, 11) is 5.89. The van der Waals surface area contributed by atoms with Gasteiger partial charge in [-0.1, -0.05) is 12.8 Å². The molecule has 2 aliphatic rings. The van der Waals surface area contributed by atoms with Crippen LogP contribution in [0.25, 0.3) is 11.4 Å². The summed E-state index contributed by atoms with van der Waals surface area (Å²) in [5.74, 6) is 0.563. The van der Waals surface area contributed by atoms with Crippen LogP contribution >= 0.6 is 0 Å². The lowest BCUT2D eigenvalue weighted by Crippen LogP contribution is -2.40. The molecule has 156 valence electrons. The summed E-state index contributed by atoms with van der Waals surface area (Å²) < 4.78 is 1.80. The van der Waals surface area contributed by atoms with E-state index in [1.165, 1.54) is 25.7 Å². The van der Waals surface area contributed by atoms with Gasteiger partial charge in [0.2, 0.25) is 5.95 Å². The normalized spacial score (nSPS) is 17.1. The largest absolute Gasteiger partial charge is 0.351 e. The van der Waals surface area contributed by atoms with Crippen molar-refractivity contribution >= 4 is 11.9 Å². The van der Waals surface area contributed by atoms with Crippen LogP contribution < -0.4 is 10.6 Å². The number of fused-ring (bicyclic) bond motifs is 3. The molecule has 0 radical (unpaired) electrons. The van der Waals surface area contributed by atoms with Crippen LogP contribution in [0, 0.1) is 0 Å². The number of likely N-dealkylation sites (N-methyl/N-ethyl adjacent to an activating group) is 1. The minimum Gasteiger partial charge on any atom is -0.351 e. The van der Waals surface area contributed by atoms with Gasteiger partial charge in [0.1, 0.15) is 0 Å². The zero-order chi connectivity index (χ0) is 20.5. The highest BCUT2D eigenvalue weighted by atomic mass is 16.2. The van der Waals surface area contributed by atoms with Crippen molar-refractivity contribution in [2.75, 3.05) is 26.0 Å². The molecule has 0 saturated heterocycles. The molecule has 2 aromatic heterocycles. The number of hydrogen-bond acceptors (Lipinski definition) is 6. The Bertz CT molecular complexity index is 899. The molecule has 0 spiro atoms. The van der Waals surface area contributed by atoms with Crippen LogP contribution in [0.1, 0.15) is 54.2 Å². The van der Waals surface area contributed by atoms with E-state index < -0.39 is 0 Å². The van der Waals surface area contributed by atoms with E-state index in [9.17, 15) is 4.79 Å². The van der Waals surface area contributed by atoms with Gasteiger partial charge < -0.3 is 15.5 Å². The number of anilines is 1. The Morgan fingerprint density at radius 3 is 2.79 bits per heavy atom. The highest BCUT2D eigenvalue weighted by molar-refractivity contribution is 5.96. The quantitative estimate of drug-likeness (QED) is 0.775. The lowest BCUT2D eigenvalue weighted by atomic mass is 9.93. The van der Waals surface area contributed by atoms with Crippen molar-refractivity contribution < 1.29 is 4.79 Å². The summed E-state index contributed by atoms with van der Waals surface area (Å²) >= 11 is 0. The smallest absolute Gasteiger partial charge is 0.272 e. The fraction of sp³-hybridized carbons (Fsp3) is 0.619. The third-order valence-corrected chi connectivity index (χ3v) is 5.80. The fourth-order valence-corrected chi connectivity index (χ4v) is 4.55. The number of aryl methyl sites for hydroxylation is 2. The maximum atomic E-state index is 12.9. The molecule has 1 atom stereocenters. The van der Waals surface area contributed by atoms with Crippen molar-refractivity contribution in [2.45, 2.75) is 57.5 Å². The van der Waals surface area contributed by atoms with Crippen molar-refractivity contribution in [3.8, 4) is 11.4 Å². The molecule has 8 nitrogen and oxygen atoms in total. The van der Waals surface area contributed by atoms with Crippen LogP contribution in [-0.4, -0.2) is 63.3 Å². The van der Waals surface area contributed by atoms with Gasteiger partial charge in [-0.15, -0.1) is 0 Å². The molecule has 1 amide bonds. The van der Waals surface area contributed by atoms with Gasteiger partial charge in [-0.3, -0.25) is 9.48 Å². The minimum atomic E-state index is -0.113. The maximum absolute atomic E-state index is 12.9. The van der Waals surface area contributed by atoms with Gasteiger partial charge in [0.15, 0.2) is 5.69 Å². The number of carbonyl (C=O) groups is 1. The first-order valence-electron chi connectivity index (χ1n) is 10.6. The van der Waals surface area contributed by atoms with Crippen molar-refractivity contribution in [1.29, 1.82) is 0 Å². The standard InChI is InChI=1S/C21H31N7O/c1-13(12-27(2)3)23-20(29)18-16-10-9-14-11-22-21(24-15-7-5-6-8-15)25-17(14)19(16)28(4)26-18/h11,13,15H,5-10,12H2,1-4H3,(H,23,29)(H,22,24,25). The van der Waals surface area contributed by atoms with Crippen LogP contribution in [0.5, 0.6) is 0 Å². The molecule has 2 heterocycles. The molecule has 4 rings (SSSR count). The van der Waals surface area contributed by atoms with Crippen molar-refractivity contribution in [3.05, 3.63) is 23.0 Å². The lowest BCUT2D eigenvalue weighted by molar-refractivity contribution is 0.0927. The number of hydrogen-bond donors (Lipinski definition) is 2. The Morgan fingerprint density at radius 2 is 2.07 bits per heavy atom. The average Bonchev–Trinajstić information content (AvgIpc) is 3.28. The predicted molar refractivity (Wildman–Crippen MR) is 113 cm³/mol. The molecule has 29 heavy (non-hydrogen) atoms. The summed E-state index contributed by atoms with van der Waals surface area (Å²) in [6.45, 7) is 2.80. The topological polar surface area (TPSA) is 88.0 Å². The van der Waals surface area contributed by atoms with E-state index in [0.29, 0.717) is 17.7 Å². The molecular formula is C21H31N7O. The Labute approximate surface area is 172 Å². The summed E-state index contributed by atoms with van der Waals surface area (Å²) in [5.41, 5.74) is 4.46. The van der Waals surface area contributed by atoms with Crippen LogP contribution in [0.3, 0.4) is 0 Å². The van der Waals surface area contributed by atoms with E-state index in [2.05, 4.69) is 25.6 Å². The number of rotatable bonds is 6. The molecule has 2 aromatic rings. The maximum Gasteiger partial charge on any atom is 0.272 e. The second kappa shape index (κ2) is 8.10. The van der Waals surface area contributed by atoms with Gasteiger partial charge in [0.05, 0.1) is 11.4 Å².